The second kappa shape index (κ2) is 7.93. The minimum Gasteiger partial charge on any atom is -0.354 e. The fraction of sp³-hybridized carbons (Fsp3) is 0.176. The number of carbonyl (C=O) groups excluding carboxylic acids is 2. The summed E-state index contributed by atoms with van der Waals surface area (Å²) in [5.74, 6) is -0.774. The lowest BCUT2D eigenvalue weighted by atomic mass is 10.1. The van der Waals surface area contributed by atoms with Gasteiger partial charge in [-0.3, -0.25) is 9.59 Å². The molecule has 0 aliphatic carbocycles. The van der Waals surface area contributed by atoms with Crippen LogP contribution in [-0.2, 0) is 11.2 Å². The Labute approximate surface area is 128 Å². The van der Waals surface area contributed by atoms with Crippen LogP contribution in [0.2, 0.25) is 0 Å². The highest BCUT2D eigenvalue weighted by Gasteiger charge is 2.05. The van der Waals surface area contributed by atoms with E-state index >= 15 is 0 Å². The van der Waals surface area contributed by atoms with Crippen LogP contribution in [0.25, 0.3) is 0 Å². The lowest BCUT2D eigenvalue weighted by Gasteiger charge is -2.07. The topological polar surface area (TPSA) is 58.2 Å². The molecule has 0 spiro atoms. The summed E-state index contributed by atoms with van der Waals surface area (Å²) in [5.41, 5.74) is 1.33. The summed E-state index contributed by atoms with van der Waals surface area (Å²) in [6, 6.07) is 14.7. The predicted octanol–water partition coefficient (Wildman–Crippen LogP) is 1.91. The van der Waals surface area contributed by atoms with Crippen molar-refractivity contribution in [2.75, 3.05) is 13.1 Å². The van der Waals surface area contributed by atoms with Crippen molar-refractivity contribution in [3.63, 3.8) is 0 Å². The Balaban J connectivity index is 1.67. The van der Waals surface area contributed by atoms with Crippen molar-refractivity contribution in [2.24, 2.45) is 0 Å². The molecule has 2 aromatic rings. The van der Waals surface area contributed by atoms with Gasteiger partial charge in [-0.05, 0) is 29.8 Å². The molecule has 4 nitrogen and oxygen atoms in total. The van der Waals surface area contributed by atoms with E-state index in [0.29, 0.717) is 25.1 Å². The quantitative estimate of drug-likeness (QED) is 0.801. The number of halogens is 1. The van der Waals surface area contributed by atoms with E-state index in [4.69, 9.17) is 0 Å². The third kappa shape index (κ3) is 5.01. The third-order valence-corrected chi connectivity index (χ3v) is 3.05. The lowest BCUT2D eigenvalue weighted by Crippen LogP contribution is -2.35. The Hall–Kier alpha value is -2.69. The summed E-state index contributed by atoms with van der Waals surface area (Å²) in [7, 11) is 0. The van der Waals surface area contributed by atoms with Crippen LogP contribution in [0.4, 0.5) is 4.39 Å². The standard InChI is InChI=1S/C17H17FN2O2/c18-15-8-6-14(7-9-15)17(22)20-11-10-19-16(21)12-13-4-2-1-3-5-13/h1-9H,10-12H2,(H,19,21)(H,20,22). The molecule has 0 aromatic heterocycles. The van der Waals surface area contributed by atoms with Crippen molar-refractivity contribution in [1.82, 2.24) is 10.6 Å². The molecular weight excluding hydrogens is 283 g/mol. The molecule has 114 valence electrons. The van der Waals surface area contributed by atoms with Gasteiger partial charge in [0, 0.05) is 18.7 Å². The van der Waals surface area contributed by atoms with E-state index < -0.39 is 0 Å². The van der Waals surface area contributed by atoms with Gasteiger partial charge in [-0.15, -0.1) is 0 Å². The van der Waals surface area contributed by atoms with Crippen molar-refractivity contribution < 1.29 is 14.0 Å². The van der Waals surface area contributed by atoms with Crippen LogP contribution < -0.4 is 10.6 Å². The van der Waals surface area contributed by atoms with Gasteiger partial charge < -0.3 is 10.6 Å². The first-order valence-electron chi connectivity index (χ1n) is 6.99. The van der Waals surface area contributed by atoms with Gasteiger partial charge >= 0.3 is 0 Å². The molecule has 2 amide bonds. The molecule has 0 heterocycles. The highest BCUT2D eigenvalue weighted by molar-refractivity contribution is 5.94. The zero-order valence-electron chi connectivity index (χ0n) is 12.0. The fourth-order valence-electron chi connectivity index (χ4n) is 1.93. The van der Waals surface area contributed by atoms with Crippen molar-refractivity contribution in [2.45, 2.75) is 6.42 Å². The van der Waals surface area contributed by atoms with Crippen molar-refractivity contribution in [3.8, 4) is 0 Å². The Morgan fingerprint density at radius 3 is 2.18 bits per heavy atom. The van der Waals surface area contributed by atoms with Gasteiger partial charge in [-0.2, -0.15) is 0 Å². The van der Waals surface area contributed by atoms with Crippen molar-refractivity contribution >= 4 is 11.8 Å². The molecule has 2 aromatic carbocycles. The monoisotopic (exact) mass is 300 g/mol. The molecule has 0 fully saturated rings. The van der Waals surface area contributed by atoms with Crippen LogP contribution >= 0.6 is 0 Å². The molecule has 2 rings (SSSR count). The van der Waals surface area contributed by atoms with Gasteiger partial charge in [-0.25, -0.2) is 4.39 Å². The van der Waals surface area contributed by atoms with E-state index in [1.165, 1.54) is 24.3 Å². The second-order valence-electron chi connectivity index (χ2n) is 4.78. The Bertz CT molecular complexity index is 627. The van der Waals surface area contributed by atoms with E-state index in [9.17, 15) is 14.0 Å². The molecule has 0 saturated carbocycles. The molecule has 2 N–H and O–H groups in total. The highest BCUT2D eigenvalue weighted by Crippen LogP contribution is 2.02. The van der Waals surface area contributed by atoms with Crippen LogP contribution in [0.5, 0.6) is 0 Å². The van der Waals surface area contributed by atoms with Crippen molar-refractivity contribution in [3.05, 3.63) is 71.5 Å². The van der Waals surface area contributed by atoms with Crippen LogP contribution in [0, 0.1) is 5.82 Å². The summed E-state index contributed by atoms with van der Waals surface area (Å²) in [4.78, 5) is 23.4. The molecule has 0 unspecified atom stereocenters. The molecule has 0 radical (unpaired) electrons. The van der Waals surface area contributed by atoms with Gasteiger partial charge in [0.2, 0.25) is 5.91 Å². The highest BCUT2D eigenvalue weighted by atomic mass is 19.1. The smallest absolute Gasteiger partial charge is 0.251 e. The normalized spacial score (nSPS) is 10.0. The third-order valence-electron chi connectivity index (χ3n) is 3.05. The maximum absolute atomic E-state index is 12.7. The fourth-order valence-corrected chi connectivity index (χ4v) is 1.93. The number of hydrogen-bond acceptors (Lipinski definition) is 2. The van der Waals surface area contributed by atoms with Crippen LogP contribution in [0.3, 0.4) is 0 Å². The summed E-state index contributed by atoms with van der Waals surface area (Å²) < 4.78 is 12.7. The van der Waals surface area contributed by atoms with Gasteiger partial charge in [0.1, 0.15) is 5.82 Å². The van der Waals surface area contributed by atoms with E-state index in [-0.39, 0.29) is 17.6 Å². The van der Waals surface area contributed by atoms with E-state index in [0.717, 1.165) is 5.56 Å². The number of amides is 2. The maximum atomic E-state index is 12.7. The molecule has 0 aliphatic heterocycles. The van der Waals surface area contributed by atoms with Gasteiger partial charge in [-0.1, -0.05) is 30.3 Å². The molecule has 0 saturated heterocycles. The SMILES string of the molecule is O=C(Cc1ccccc1)NCCNC(=O)c1ccc(F)cc1. The minimum atomic E-state index is -0.385. The zero-order valence-corrected chi connectivity index (χ0v) is 12.0. The van der Waals surface area contributed by atoms with Gasteiger partial charge in [0.15, 0.2) is 0 Å². The summed E-state index contributed by atoms with van der Waals surface area (Å²) in [5, 5.41) is 5.39. The largest absolute Gasteiger partial charge is 0.354 e. The molecule has 0 atom stereocenters. The number of benzene rings is 2. The maximum Gasteiger partial charge on any atom is 0.251 e. The van der Waals surface area contributed by atoms with Gasteiger partial charge in [0.25, 0.3) is 5.91 Å². The van der Waals surface area contributed by atoms with Crippen LogP contribution in [-0.4, -0.2) is 24.9 Å². The summed E-state index contributed by atoms with van der Waals surface area (Å²) in [6.45, 7) is 0.662. The first-order chi connectivity index (χ1) is 10.6. The number of nitrogens with one attached hydrogen (secondary N) is 2. The predicted molar refractivity (Wildman–Crippen MR) is 81.9 cm³/mol. The van der Waals surface area contributed by atoms with Gasteiger partial charge in [0.05, 0.1) is 6.42 Å². The molecule has 0 aliphatic rings. The zero-order chi connectivity index (χ0) is 15.8. The summed E-state index contributed by atoms with van der Waals surface area (Å²) >= 11 is 0. The number of carbonyl (C=O) groups is 2. The molecular formula is C17H17FN2O2. The van der Waals surface area contributed by atoms with Crippen LogP contribution in [0.15, 0.2) is 54.6 Å². The average molecular weight is 300 g/mol. The van der Waals surface area contributed by atoms with E-state index in [2.05, 4.69) is 10.6 Å². The molecule has 22 heavy (non-hydrogen) atoms. The number of rotatable bonds is 6. The number of hydrogen-bond donors (Lipinski definition) is 2. The minimum absolute atomic E-state index is 0.0952. The molecule has 5 heteroatoms. The first kappa shape index (κ1) is 15.7. The Morgan fingerprint density at radius 2 is 1.50 bits per heavy atom. The Morgan fingerprint density at radius 1 is 0.864 bits per heavy atom. The second-order valence-corrected chi connectivity index (χ2v) is 4.78. The Kier molecular flexibility index (Phi) is 5.65. The lowest BCUT2D eigenvalue weighted by molar-refractivity contribution is -0.120. The van der Waals surface area contributed by atoms with Crippen LogP contribution in [0.1, 0.15) is 15.9 Å². The van der Waals surface area contributed by atoms with E-state index in [1.807, 2.05) is 30.3 Å². The first-order valence-corrected chi connectivity index (χ1v) is 6.99. The van der Waals surface area contributed by atoms with E-state index in [1.54, 1.807) is 0 Å². The summed E-state index contributed by atoms with van der Waals surface area (Å²) in [6.07, 6.45) is 0.312. The molecule has 0 bridgehead atoms. The average Bonchev–Trinajstić information content (AvgIpc) is 2.53. The van der Waals surface area contributed by atoms with Crippen molar-refractivity contribution in [1.29, 1.82) is 0 Å².